The van der Waals surface area contributed by atoms with Gasteiger partial charge in [0, 0.05) is 44.2 Å². The molecule has 1 aliphatic rings. The van der Waals surface area contributed by atoms with Crippen LogP contribution in [-0.2, 0) is 11.3 Å². The summed E-state index contributed by atoms with van der Waals surface area (Å²) in [4.78, 5) is 28.3. The first kappa shape index (κ1) is 19.4. The van der Waals surface area contributed by atoms with Crippen LogP contribution >= 0.6 is 0 Å². The Kier molecular flexibility index (Phi) is 5.88. The molecule has 1 saturated heterocycles. The largest absolute Gasteiger partial charge is 0.341 e. The number of rotatable bonds is 4. The Morgan fingerprint density at radius 1 is 1.28 bits per heavy atom. The summed E-state index contributed by atoms with van der Waals surface area (Å²) in [5.41, 5.74) is 7.80. The van der Waals surface area contributed by atoms with Gasteiger partial charge in [0.2, 0.25) is 5.91 Å². The second-order valence-electron chi connectivity index (χ2n) is 8.16. The fourth-order valence-electron chi connectivity index (χ4n) is 3.28. The van der Waals surface area contributed by atoms with Crippen molar-refractivity contribution < 1.29 is 9.59 Å². The van der Waals surface area contributed by atoms with Crippen molar-refractivity contribution in [3.05, 3.63) is 35.4 Å². The summed E-state index contributed by atoms with van der Waals surface area (Å²) in [7, 11) is 1.81. The molecule has 1 aromatic carbocycles. The van der Waals surface area contributed by atoms with E-state index in [1.54, 1.807) is 11.9 Å². The van der Waals surface area contributed by atoms with Gasteiger partial charge in [0.25, 0.3) is 5.91 Å². The fourth-order valence-corrected chi connectivity index (χ4v) is 3.28. The Balaban J connectivity index is 2.02. The molecule has 2 amide bonds. The third kappa shape index (κ3) is 4.60. The first-order valence-corrected chi connectivity index (χ1v) is 9.00. The van der Waals surface area contributed by atoms with Gasteiger partial charge in [0.15, 0.2) is 0 Å². The molecule has 0 bridgehead atoms. The van der Waals surface area contributed by atoms with E-state index in [4.69, 9.17) is 5.73 Å². The zero-order chi connectivity index (χ0) is 18.8. The summed E-state index contributed by atoms with van der Waals surface area (Å²) >= 11 is 0. The number of hydrogen-bond donors (Lipinski definition) is 1. The topological polar surface area (TPSA) is 66.6 Å². The van der Waals surface area contributed by atoms with Gasteiger partial charge in [-0.3, -0.25) is 9.59 Å². The molecule has 5 heteroatoms. The molecule has 1 aliphatic heterocycles. The van der Waals surface area contributed by atoms with Gasteiger partial charge in [-0.1, -0.05) is 39.8 Å². The third-order valence-corrected chi connectivity index (χ3v) is 5.09. The van der Waals surface area contributed by atoms with Gasteiger partial charge in [-0.25, -0.2) is 0 Å². The first-order chi connectivity index (χ1) is 11.6. The number of likely N-dealkylation sites (tertiary alicyclic amines) is 1. The van der Waals surface area contributed by atoms with Crippen molar-refractivity contribution in [3.63, 3.8) is 0 Å². The molecule has 0 radical (unpaired) electrons. The number of carbonyl (C=O) groups is 2. The number of hydrogen-bond acceptors (Lipinski definition) is 3. The van der Waals surface area contributed by atoms with Crippen LogP contribution < -0.4 is 5.73 Å². The first-order valence-electron chi connectivity index (χ1n) is 9.00. The molecule has 1 aromatic rings. The Morgan fingerprint density at radius 3 is 2.40 bits per heavy atom. The van der Waals surface area contributed by atoms with Gasteiger partial charge in [-0.2, -0.15) is 0 Å². The van der Waals surface area contributed by atoms with Crippen molar-refractivity contribution in [2.75, 3.05) is 20.1 Å². The zero-order valence-corrected chi connectivity index (χ0v) is 16.1. The highest BCUT2D eigenvalue weighted by molar-refractivity contribution is 5.94. The standard InChI is InChI=1S/C20H31N3O2/c1-14(2)18(24)22(5)12-15-6-8-16(9-7-15)19(25)23-11-10-17(21)20(3,4)13-23/h6-9,14,17H,10-13,21H2,1-5H3. The highest BCUT2D eigenvalue weighted by Gasteiger charge is 2.35. The maximum atomic E-state index is 12.7. The van der Waals surface area contributed by atoms with Crippen LogP contribution in [0.1, 0.15) is 50.0 Å². The number of nitrogens with two attached hydrogens (primary N) is 1. The summed E-state index contributed by atoms with van der Waals surface area (Å²) in [6.07, 6.45) is 0.832. The maximum Gasteiger partial charge on any atom is 0.253 e. The SMILES string of the molecule is CC(C)C(=O)N(C)Cc1ccc(C(=O)N2CCC(N)C(C)(C)C2)cc1. The lowest BCUT2D eigenvalue weighted by atomic mass is 9.79. The average Bonchev–Trinajstić information content (AvgIpc) is 2.56. The molecule has 0 saturated carbocycles. The van der Waals surface area contributed by atoms with E-state index in [1.165, 1.54) is 0 Å². The van der Waals surface area contributed by atoms with Crippen LogP contribution in [0.25, 0.3) is 0 Å². The van der Waals surface area contributed by atoms with Crippen LogP contribution in [-0.4, -0.2) is 47.8 Å². The Bertz CT molecular complexity index is 622. The fraction of sp³-hybridized carbons (Fsp3) is 0.600. The minimum Gasteiger partial charge on any atom is -0.341 e. The number of carbonyl (C=O) groups excluding carboxylic acids is 2. The molecule has 25 heavy (non-hydrogen) atoms. The monoisotopic (exact) mass is 345 g/mol. The lowest BCUT2D eigenvalue weighted by Gasteiger charge is -2.42. The number of piperidine rings is 1. The normalized spacial score (nSPS) is 19.8. The average molecular weight is 345 g/mol. The van der Waals surface area contributed by atoms with Crippen molar-refractivity contribution in [2.24, 2.45) is 17.1 Å². The molecule has 1 atom stereocenters. The van der Waals surface area contributed by atoms with Gasteiger partial charge < -0.3 is 15.5 Å². The zero-order valence-electron chi connectivity index (χ0n) is 16.1. The Morgan fingerprint density at radius 2 is 1.88 bits per heavy atom. The van der Waals surface area contributed by atoms with Gasteiger partial charge in [-0.05, 0) is 29.5 Å². The lowest BCUT2D eigenvalue weighted by Crippen LogP contribution is -2.54. The second kappa shape index (κ2) is 7.56. The summed E-state index contributed by atoms with van der Waals surface area (Å²) < 4.78 is 0. The Labute approximate surface area is 151 Å². The van der Waals surface area contributed by atoms with E-state index in [-0.39, 0.29) is 29.2 Å². The van der Waals surface area contributed by atoms with Gasteiger partial charge in [-0.15, -0.1) is 0 Å². The second-order valence-corrected chi connectivity index (χ2v) is 8.16. The van der Waals surface area contributed by atoms with Gasteiger partial charge >= 0.3 is 0 Å². The third-order valence-electron chi connectivity index (χ3n) is 5.09. The lowest BCUT2D eigenvalue weighted by molar-refractivity contribution is -0.133. The van der Waals surface area contributed by atoms with Gasteiger partial charge in [0.05, 0.1) is 0 Å². The predicted octanol–water partition coefficient (Wildman–Crippen LogP) is 2.50. The minimum absolute atomic E-state index is 0.0142. The molecule has 5 nitrogen and oxygen atoms in total. The maximum absolute atomic E-state index is 12.7. The molecule has 0 spiro atoms. The highest BCUT2D eigenvalue weighted by atomic mass is 16.2. The molecule has 0 aromatic heterocycles. The predicted molar refractivity (Wildman–Crippen MR) is 100 cm³/mol. The van der Waals surface area contributed by atoms with Crippen molar-refractivity contribution in [2.45, 2.75) is 46.7 Å². The van der Waals surface area contributed by atoms with Crippen LogP contribution in [0.3, 0.4) is 0 Å². The smallest absolute Gasteiger partial charge is 0.253 e. The molecule has 1 heterocycles. The number of amides is 2. The van der Waals surface area contributed by atoms with E-state index >= 15 is 0 Å². The van der Waals surface area contributed by atoms with E-state index in [2.05, 4.69) is 13.8 Å². The number of nitrogens with zero attached hydrogens (tertiary/aromatic N) is 2. The van der Waals surface area contributed by atoms with Crippen molar-refractivity contribution >= 4 is 11.8 Å². The van der Waals surface area contributed by atoms with E-state index in [1.807, 2.05) is 43.0 Å². The van der Waals surface area contributed by atoms with Crippen LogP contribution in [0.2, 0.25) is 0 Å². The minimum atomic E-state index is -0.0617. The summed E-state index contributed by atoms with van der Waals surface area (Å²) in [5.74, 6) is 0.157. The molecular formula is C20H31N3O2. The van der Waals surface area contributed by atoms with Crippen molar-refractivity contribution in [3.8, 4) is 0 Å². The molecule has 2 N–H and O–H groups in total. The molecule has 1 unspecified atom stereocenters. The van der Waals surface area contributed by atoms with Crippen LogP contribution in [0.4, 0.5) is 0 Å². The summed E-state index contributed by atoms with van der Waals surface area (Å²) in [5, 5.41) is 0. The van der Waals surface area contributed by atoms with Crippen LogP contribution in [0, 0.1) is 11.3 Å². The molecule has 2 rings (SSSR count). The van der Waals surface area contributed by atoms with Crippen molar-refractivity contribution in [1.82, 2.24) is 9.80 Å². The Hall–Kier alpha value is -1.88. The number of benzene rings is 1. The molecule has 138 valence electrons. The molecule has 1 fully saturated rings. The molecule has 0 aliphatic carbocycles. The summed E-state index contributed by atoms with van der Waals surface area (Å²) in [6, 6.07) is 7.70. The van der Waals surface area contributed by atoms with Crippen LogP contribution in [0.15, 0.2) is 24.3 Å². The van der Waals surface area contributed by atoms with Crippen molar-refractivity contribution in [1.29, 1.82) is 0 Å². The molecular weight excluding hydrogens is 314 g/mol. The van der Waals surface area contributed by atoms with Crippen LogP contribution in [0.5, 0.6) is 0 Å². The quantitative estimate of drug-likeness (QED) is 0.912. The highest BCUT2D eigenvalue weighted by Crippen LogP contribution is 2.28. The summed E-state index contributed by atoms with van der Waals surface area (Å²) in [6.45, 7) is 9.96. The van der Waals surface area contributed by atoms with E-state index in [0.717, 1.165) is 12.0 Å². The van der Waals surface area contributed by atoms with E-state index in [0.29, 0.717) is 25.2 Å². The van der Waals surface area contributed by atoms with E-state index in [9.17, 15) is 9.59 Å². The van der Waals surface area contributed by atoms with E-state index < -0.39 is 0 Å². The van der Waals surface area contributed by atoms with Gasteiger partial charge in [0.1, 0.15) is 0 Å².